The highest BCUT2D eigenvalue weighted by atomic mass is 16.6. The van der Waals surface area contributed by atoms with Crippen molar-refractivity contribution in [3.63, 3.8) is 0 Å². The fraction of sp³-hybridized carbons (Fsp3) is 0.528. The summed E-state index contributed by atoms with van der Waals surface area (Å²) in [5, 5.41) is 9.63. The van der Waals surface area contributed by atoms with Gasteiger partial charge in [-0.05, 0) is 77.0 Å². The number of allylic oxidation sites excluding steroid dienone is 22. The van der Waals surface area contributed by atoms with Crippen molar-refractivity contribution in [3.05, 3.63) is 134 Å². The molecule has 0 bridgehead atoms. The van der Waals surface area contributed by atoms with E-state index in [1.807, 2.05) is 81.9 Å². The van der Waals surface area contributed by atoms with Gasteiger partial charge in [-0.3, -0.25) is 9.59 Å². The first-order chi connectivity index (χ1) is 29.6. The fourth-order valence-corrected chi connectivity index (χ4v) is 5.74. The lowest BCUT2D eigenvalue weighted by atomic mass is 10.1. The third-order valence-electron chi connectivity index (χ3n) is 9.21. The molecule has 61 heavy (non-hydrogen) atoms. The number of rotatable bonds is 38. The second kappa shape index (κ2) is 42.2. The Morgan fingerprint density at radius 1 is 0.508 bits per heavy atom. The Labute approximate surface area is 371 Å². The molecule has 1 N–H and O–H groups in total. The van der Waals surface area contributed by atoms with Crippen LogP contribution in [0, 0.1) is 0 Å². The summed E-state index contributed by atoms with van der Waals surface area (Å²) in [7, 11) is 5.48. The van der Waals surface area contributed by atoms with Crippen LogP contribution in [0.15, 0.2) is 134 Å². The van der Waals surface area contributed by atoms with Crippen molar-refractivity contribution in [1.82, 2.24) is 0 Å². The summed E-state index contributed by atoms with van der Waals surface area (Å²) in [5.74, 6) is -1.58. The van der Waals surface area contributed by atoms with Gasteiger partial charge < -0.3 is 23.8 Å². The first-order valence-corrected chi connectivity index (χ1v) is 22.8. The molecule has 8 heteroatoms. The van der Waals surface area contributed by atoms with Gasteiger partial charge in [0.15, 0.2) is 12.1 Å². The van der Waals surface area contributed by atoms with Crippen LogP contribution in [0.1, 0.15) is 129 Å². The molecule has 340 valence electrons. The molecule has 0 fully saturated rings. The van der Waals surface area contributed by atoms with E-state index in [-0.39, 0.29) is 49.1 Å². The van der Waals surface area contributed by atoms with Gasteiger partial charge in [-0.25, -0.2) is 4.79 Å². The average molecular weight is 845 g/mol. The number of aliphatic carboxylic acids is 1. The number of nitrogens with zero attached hydrogens (tertiary/aromatic N) is 1. The number of quaternary nitrogens is 1. The van der Waals surface area contributed by atoms with Crippen molar-refractivity contribution in [3.8, 4) is 0 Å². The second-order valence-corrected chi connectivity index (χ2v) is 15.7. The van der Waals surface area contributed by atoms with Crippen LogP contribution in [0.3, 0.4) is 0 Å². The number of carbonyl (C=O) groups excluding carboxylic acids is 2. The molecule has 0 saturated carbocycles. The van der Waals surface area contributed by atoms with Crippen LogP contribution >= 0.6 is 0 Å². The van der Waals surface area contributed by atoms with Crippen LogP contribution in [-0.2, 0) is 28.6 Å². The number of carboxylic acids is 1. The molecular weight excluding hydrogens is 763 g/mol. The molecule has 0 aliphatic heterocycles. The molecule has 0 aromatic carbocycles. The molecule has 2 unspecified atom stereocenters. The normalized spacial score (nSPS) is 14.2. The van der Waals surface area contributed by atoms with Crippen molar-refractivity contribution < 1.29 is 38.2 Å². The Morgan fingerprint density at radius 3 is 1.48 bits per heavy atom. The molecule has 0 aliphatic rings. The minimum atomic E-state index is -0.894. The van der Waals surface area contributed by atoms with Crippen LogP contribution in [0.2, 0.25) is 0 Å². The molecule has 0 aromatic rings. The van der Waals surface area contributed by atoms with E-state index in [1.165, 1.54) is 0 Å². The van der Waals surface area contributed by atoms with Crippen molar-refractivity contribution >= 4 is 17.9 Å². The molecule has 0 heterocycles. The molecule has 0 spiro atoms. The largest absolute Gasteiger partial charge is 0.477 e. The SMILES string of the molecule is CC/C=C/C=C/C=C/C=C/C=C/C=C/CCCCCC(=O)OCC(COCCC(C(=O)O)[N+](C)(C)C)OC(=O)CCCCCC/C=C/C/C=C/C/C=C/C/C=C/C/C=C/CC. The number of unbranched alkanes of at least 4 members (excludes halogenated alkanes) is 7. The van der Waals surface area contributed by atoms with E-state index in [2.05, 4.69) is 86.8 Å². The van der Waals surface area contributed by atoms with Crippen molar-refractivity contribution in [2.24, 2.45) is 0 Å². The summed E-state index contributed by atoms with van der Waals surface area (Å²) < 4.78 is 17.2. The summed E-state index contributed by atoms with van der Waals surface area (Å²) in [5.41, 5.74) is 0. The van der Waals surface area contributed by atoms with E-state index in [4.69, 9.17) is 14.2 Å². The van der Waals surface area contributed by atoms with Gasteiger partial charge in [-0.1, -0.05) is 167 Å². The number of carboxylic acid groups (broad SMARTS) is 1. The minimum absolute atomic E-state index is 0.0251. The van der Waals surface area contributed by atoms with E-state index in [0.717, 1.165) is 89.9 Å². The van der Waals surface area contributed by atoms with Gasteiger partial charge in [0.25, 0.3) is 0 Å². The number of esters is 2. The number of carbonyl (C=O) groups is 3. The summed E-state index contributed by atoms with van der Waals surface area (Å²) in [6.45, 7) is 4.37. The van der Waals surface area contributed by atoms with E-state index < -0.39 is 18.1 Å². The molecule has 2 atom stereocenters. The number of hydrogen-bond acceptors (Lipinski definition) is 6. The first kappa shape index (κ1) is 56.5. The topological polar surface area (TPSA) is 99.1 Å². The molecule has 8 nitrogen and oxygen atoms in total. The molecule has 0 amide bonds. The standard InChI is InChI=1S/C53H81NO7/c1-6-8-10-12-14-16-18-20-22-24-25-26-28-30-32-34-36-38-40-42-44-52(56)61-49(47-59-46-45-50(53(57)58)54(3,4)5)48-60-51(55)43-41-39-37-35-33-31-29-27-23-21-19-17-15-13-11-9-7-2/h8-11,13-17,19-23,25-27,29-33,49-50H,6-7,12,18,24,28,34-48H2,1-5H3/p+1/b10-8+,11-9+,15-13+,16-14+,19-17+,22-20+,23-21+,26-25+,29-27+,32-30+,33-31+. The maximum absolute atomic E-state index is 12.8. The first-order valence-electron chi connectivity index (χ1n) is 22.8. The fourth-order valence-electron chi connectivity index (χ4n) is 5.74. The Morgan fingerprint density at radius 2 is 0.951 bits per heavy atom. The predicted octanol–water partition coefficient (Wildman–Crippen LogP) is 12.8. The number of likely N-dealkylation sites (N-methyl/N-ethyl adjacent to an activating group) is 1. The molecule has 0 aromatic heterocycles. The van der Waals surface area contributed by atoms with E-state index in [9.17, 15) is 19.5 Å². The second-order valence-electron chi connectivity index (χ2n) is 15.7. The van der Waals surface area contributed by atoms with Gasteiger partial charge in [0.2, 0.25) is 0 Å². The van der Waals surface area contributed by atoms with Gasteiger partial charge in [0.05, 0.1) is 34.4 Å². The molecular formula is C53H82NO7+. The highest BCUT2D eigenvalue weighted by Crippen LogP contribution is 2.12. The van der Waals surface area contributed by atoms with Gasteiger partial charge in [0.1, 0.15) is 6.61 Å². The zero-order valence-electron chi connectivity index (χ0n) is 38.5. The van der Waals surface area contributed by atoms with Gasteiger partial charge >= 0.3 is 17.9 Å². The van der Waals surface area contributed by atoms with E-state index in [0.29, 0.717) is 12.8 Å². The van der Waals surface area contributed by atoms with E-state index in [1.54, 1.807) is 0 Å². The third-order valence-corrected chi connectivity index (χ3v) is 9.21. The lowest BCUT2D eigenvalue weighted by Crippen LogP contribution is -2.50. The van der Waals surface area contributed by atoms with Crippen LogP contribution in [0.4, 0.5) is 0 Å². The average Bonchev–Trinajstić information content (AvgIpc) is 3.22. The smallest absolute Gasteiger partial charge is 0.362 e. The molecule has 0 radical (unpaired) electrons. The van der Waals surface area contributed by atoms with Crippen LogP contribution in [0.5, 0.6) is 0 Å². The number of ether oxygens (including phenoxy) is 3. The highest BCUT2D eigenvalue weighted by molar-refractivity contribution is 5.72. The lowest BCUT2D eigenvalue weighted by Gasteiger charge is -2.31. The minimum Gasteiger partial charge on any atom is -0.477 e. The summed E-state index contributed by atoms with van der Waals surface area (Å²) >= 11 is 0. The van der Waals surface area contributed by atoms with Gasteiger partial charge in [-0.15, -0.1) is 0 Å². The maximum atomic E-state index is 12.8. The quantitative estimate of drug-likeness (QED) is 0.0217. The van der Waals surface area contributed by atoms with Crippen LogP contribution in [0.25, 0.3) is 0 Å². The summed E-state index contributed by atoms with van der Waals surface area (Å²) in [6, 6.07) is -0.637. The maximum Gasteiger partial charge on any atom is 0.362 e. The highest BCUT2D eigenvalue weighted by Gasteiger charge is 2.31. The predicted molar refractivity (Wildman–Crippen MR) is 256 cm³/mol. The molecule has 0 saturated heterocycles. The van der Waals surface area contributed by atoms with Crippen LogP contribution in [-0.4, -0.2) is 80.6 Å². The monoisotopic (exact) mass is 845 g/mol. The Balaban J connectivity index is 4.51. The molecule has 0 rings (SSSR count). The Bertz CT molecular complexity index is 1450. The van der Waals surface area contributed by atoms with E-state index >= 15 is 0 Å². The number of hydrogen-bond donors (Lipinski definition) is 1. The van der Waals surface area contributed by atoms with Crippen molar-refractivity contribution in [1.29, 1.82) is 0 Å². The molecule has 0 aliphatic carbocycles. The van der Waals surface area contributed by atoms with Crippen molar-refractivity contribution in [2.75, 3.05) is 41.0 Å². The van der Waals surface area contributed by atoms with Gasteiger partial charge in [-0.2, -0.15) is 0 Å². The zero-order valence-corrected chi connectivity index (χ0v) is 38.5. The van der Waals surface area contributed by atoms with Gasteiger partial charge in [0, 0.05) is 19.3 Å². The Kier molecular flexibility index (Phi) is 39.0. The van der Waals surface area contributed by atoms with Crippen molar-refractivity contribution in [2.45, 2.75) is 142 Å². The third kappa shape index (κ3) is 40.6. The zero-order chi connectivity index (χ0) is 44.9. The van der Waals surface area contributed by atoms with Crippen LogP contribution < -0.4 is 0 Å². The summed E-state index contributed by atoms with van der Waals surface area (Å²) in [4.78, 5) is 37.0. The summed E-state index contributed by atoms with van der Waals surface area (Å²) in [6.07, 6.45) is 60.6. The lowest BCUT2D eigenvalue weighted by molar-refractivity contribution is -0.887. The Hall–Kier alpha value is -4.53.